The van der Waals surface area contributed by atoms with Gasteiger partial charge < -0.3 is 9.84 Å². The van der Waals surface area contributed by atoms with E-state index in [1.807, 2.05) is 0 Å². The van der Waals surface area contributed by atoms with Crippen LogP contribution in [0.3, 0.4) is 0 Å². The van der Waals surface area contributed by atoms with Crippen molar-refractivity contribution in [2.45, 2.75) is 32.8 Å². The summed E-state index contributed by atoms with van der Waals surface area (Å²) in [6, 6.07) is 10.7. The molecule has 5 heteroatoms. The Morgan fingerprint density at radius 1 is 1.24 bits per heavy atom. The molecule has 0 radical (unpaired) electrons. The zero-order valence-electron chi connectivity index (χ0n) is 14.1. The van der Waals surface area contributed by atoms with Crippen molar-refractivity contribution in [2.75, 3.05) is 6.61 Å². The molecule has 0 fully saturated rings. The molecule has 2 rings (SSSR count). The number of aromatic carboxylic acids is 1. The molecule has 0 atom stereocenters. The van der Waals surface area contributed by atoms with E-state index in [1.165, 1.54) is 18.2 Å². The minimum Gasteiger partial charge on any atom is -0.478 e. The largest absolute Gasteiger partial charge is 0.478 e. The predicted octanol–water partition coefficient (Wildman–Crippen LogP) is 4.77. The van der Waals surface area contributed by atoms with Crippen LogP contribution in [0.1, 0.15) is 47.7 Å². The normalized spacial score (nSPS) is 10.4. The van der Waals surface area contributed by atoms with Crippen molar-refractivity contribution >= 4 is 5.97 Å². The van der Waals surface area contributed by atoms with Gasteiger partial charge >= 0.3 is 5.97 Å². The van der Waals surface area contributed by atoms with Gasteiger partial charge in [-0.25, -0.2) is 9.18 Å². The van der Waals surface area contributed by atoms with Gasteiger partial charge in [-0.15, -0.1) is 0 Å². The summed E-state index contributed by atoms with van der Waals surface area (Å²) in [5, 5.41) is 18.2. The van der Waals surface area contributed by atoms with E-state index in [4.69, 9.17) is 10.00 Å². The van der Waals surface area contributed by atoms with E-state index in [0.29, 0.717) is 24.3 Å². The number of ether oxygens (including phenoxy) is 1. The van der Waals surface area contributed by atoms with Crippen LogP contribution in [0, 0.1) is 17.1 Å². The fourth-order valence-electron chi connectivity index (χ4n) is 2.52. The number of carboxylic acids is 1. The lowest BCUT2D eigenvalue weighted by Crippen LogP contribution is -2.02. The topological polar surface area (TPSA) is 70.3 Å². The summed E-state index contributed by atoms with van der Waals surface area (Å²) >= 11 is 0. The maximum Gasteiger partial charge on any atom is 0.336 e. The van der Waals surface area contributed by atoms with Gasteiger partial charge in [-0.3, -0.25) is 0 Å². The highest BCUT2D eigenvalue weighted by molar-refractivity contribution is 5.96. The van der Waals surface area contributed by atoms with Crippen LogP contribution in [0.4, 0.5) is 4.39 Å². The first kappa shape index (κ1) is 18.6. The Labute approximate surface area is 146 Å². The molecule has 0 aliphatic carbocycles. The molecular formula is C20H20FNO3. The van der Waals surface area contributed by atoms with Gasteiger partial charge in [-0.1, -0.05) is 31.9 Å². The van der Waals surface area contributed by atoms with Crippen molar-refractivity contribution in [2.24, 2.45) is 0 Å². The van der Waals surface area contributed by atoms with Crippen molar-refractivity contribution in [1.82, 2.24) is 0 Å². The summed E-state index contributed by atoms with van der Waals surface area (Å²) in [4.78, 5) is 11.5. The van der Waals surface area contributed by atoms with Crippen molar-refractivity contribution in [3.8, 4) is 17.2 Å². The molecule has 0 unspecified atom stereocenters. The molecule has 0 saturated carbocycles. The Kier molecular flexibility index (Phi) is 6.67. The number of benzene rings is 2. The summed E-state index contributed by atoms with van der Waals surface area (Å²) in [6.45, 7) is 3.14. The zero-order chi connectivity index (χ0) is 18.2. The summed E-state index contributed by atoms with van der Waals surface area (Å²) in [6.07, 6.45) is 3.20. The lowest BCUT2D eigenvalue weighted by Gasteiger charge is -2.11. The van der Waals surface area contributed by atoms with E-state index in [2.05, 4.69) is 6.92 Å². The SMILES string of the molecule is CCCCCOCc1ccc(C(=O)O)c(-c2ccc(C#N)c(F)c2)c1. The van der Waals surface area contributed by atoms with Gasteiger partial charge in [0.25, 0.3) is 0 Å². The number of unbranched alkanes of at least 4 members (excludes halogenated alkanes) is 2. The lowest BCUT2D eigenvalue weighted by atomic mass is 9.96. The Balaban J connectivity index is 2.28. The lowest BCUT2D eigenvalue weighted by molar-refractivity contribution is 0.0697. The Morgan fingerprint density at radius 2 is 2.04 bits per heavy atom. The molecule has 0 aliphatic rings. The highest BCUT2D eigenvalue weighted by Gasteiger charge is 2.14. The first-order valence-electron chi connectivity index (χ1n) is 8.20. The van der Waals surface area contributed by atoms with Gasteiger partial charge in [0.15, 0.2) is 0 Å². The highest BCUT2D eigenvalue weighted by atomic mass is 19.1. The maximum absolute atomic E-state index is 13.9. The molecule has 1 N–H and O–H groups in total. The first-order valence-corrected chi connectivity index (χ1v) is 8.20. The molecule has 0 bridgehead atoms. The molecule has 0 aromatic heterocycles. The van der Waals surface area contributed by atoms with Crippen LogP contribution in [0.5, 0.6) is 0 Å². The van der Waals surface area contributed by atoms with E-state index < -0.39 is 11.8 Å². The predicted molar refractivity (Wildman–Crippen MR) is 92.7 cm³/mol. The van der Waals surface area contributed by atoms with Crippen LogP contribution < -0.4 is 0 Å². The molecule has 2 aromatic rings. The smallest absolute Gasteiger partial charge is 0.336 e. The Morgan fingerprint density at radius 3 is 2.68 bits per heavy atom. The minimum absolute atomic E-state index is 0.0731. The first-order chi connectivity index (χ1) is 12.1. The van der Waals surface area contributed by atoms with Crippen LogP contribution in [-0.2, 0) is 11.3 Å². The second kappa shape index (κ2) is 8.95. The molecule has 2 aromatic carbocycles. The fourth-order valence-corrected chi connectivity index (χ4v) is 2.52. The molecule has 0 amide bonds. The summed E-state index contributed by atoms with van der Waals surface area (Å²) in [5.41, 5.74) is 1.66. The van der Waals surface area contributed by atoms with E-state index in [9.17, 15) is 14.3 Å². The van der Waals surface area contributed by atoms with Crippen LogP contribution in [0.15, 0.2) is 36.4 Å². The number of nitriles is 1. The van der Waals surface area contributed by atoms with Crippen LogP contribution in [-0.4, -0.2) is 17.7 Å². The minimum atomic E-state index is -1.09. The zero-order valence-corrected chi connectivity index (χ0v) is 14.1. The summed E-state index contributed by atoms with van der Waals surface area (Å²) in [5.74, 6) is -1.76. The molecule has 0 aliphatic heterocycles. The molecule has 0 heterocycles. The van der Waals surface area contributed by atoms with Crippen molar-refractivity contribution in [3.63, 3.8) is 0 Å². The van der Waals surface area contributed by atoms with E-state index in [-0.39, 0.29) is 11.1 Å². The van der Waals surface area contributed by atoms with Gasteiger partial charge in [0.05, 0.1) is 17.7 Å². The van der Waals surface area contributed by atoms with Gasteiger partial charge in [0, 0.05) is 6.61 Å². The van der Waals surface area contributed by atoms with E-state index in [1.54, 1.807) is 24.3 Å². The van der Waals surface area contributed by atoms with Crippen molar-refractivity contribution in [1.29, 1.82) is 5.26 Å². The number of hydrogen-bond acceptors (Lipinski definition) is 3. The average Bonchev–Trinajstić information content (AvgIpc) is 2.61. The van der Waals surface area contributed by atoms with Gasteiger partial charge in [0.2, 0.25) is 0 Å². The number of carboxylic acid groups (broad SMARTS) is 1. The molecule has 130 valence electrons. The van der Waals surface area contributed by atoms with E-state index in [0.717, 1.165) is 24.8 Å². The molecule has 25 heavy (non-hydrogen) atoms. The highest BCUT2D eigenvalue weighted by Crippen LogP contribution is 2.27. The Hall–Kier alpha value is -2.71. The van der Waals surface area contributed by atoms with Crippen LogP contribution in [0.25, 0.3) is 11.1 Å². The summed E-state index contributed by atoms with van der Waals surface area (Å²) < 4.78 is 19.5. The van der Waals surface area contributed by atoms with Gasteiger partial charge in [-0.05, 0) is 47.4 Å². The molecular weight excluding hydrogens is 321 g/mol. The molecule has 0 saturated heterocycles. The average molecular weight is 341 g/mol. The van der Waals surface area contributed by atoms with Crippen molar-refractivity contribution < 1.29 is 19.0 Å². The monoisotopic (exact) mass is 341 g/mol. The number of rotatable bonds is 8. The Bertz CT molecular complexity index is 796. The quantitative estimate of drug-likeness (QED) is 0.702. The van der Waals surface area contributed by atoms with E-state index >= 15 is 0 Å². The summed E-state index contributed by atoms with van der Waals surface area (Å²) in [7, 11) is 0. The van der Waals surface area contributed by atoms with Crippen LogP contribution >= 0.6 is 0 Å². The maximum atomic E-state index is 13.9. The second-order valence-corrected chi connectivity index (χ2v) is 5.75. The second-order valence-electron chi connectivity index (χ2n) is 5.75. The molecule has 4 nitrogen and oxygen atoms in total. The third-order valence-electron chi connectivity index (χ3n) is 3.88. The fraction of sp³-hybridized carbons (Fsp3) is 0.300. The van der Waals surface area contributed by atoms with Crippen molar-refractivity contribution in [3.05, 3.63) is 58.9 Å². The molecule has 0 spiro atoms. The number of nitrogens with zero attached hydrogens (tertiary/aromatic N) is 1. The standard InChI is InChI=1S/C20H20FNO3/c1-2-3-4-9-25-13-14-5-8-17(20(23)24)18(10-14)15-6-7-16(12-22)19(21)11-15/h5-8,10-11H,2-4,9,13H2,1H3,(H,23,24). The van der Waals surface area contributed by atoms with Gasteiger partial charge in [0.1, 0.15) is 11.9 Å². The third kappa shape index (κ3) is 4.88. The van der Waals surface area contributed by atoms with Gasteiger partial charge in [-0.2, -0.15) is 5.26 Å². The van der Waals surface area contributed by atoms with Crippen LogP contribution in [0.2, 0.25) is 0 Å². The number of carbonyl (C=O) groups is 1. The third-order valence-corrected chi connectivity index (χ3v) is 3.88. The number of hydrogen-bond donors (Lipinski definition) is 1. The number of halogens is 1.